The number of rotatable bonds is 1. The number of fused-ring (bicyclic) bond motifs is 1. The van der Waals surface area contributed by atoms with E-state index in [2.05, 4.69) is 19.1 Å². The van der Waals surface area contributed by atoms with Gasteiger partial charge < -0.3 is 4.74 Å². The van der Waals surface area contributed by atoms with Crippen LogP contribution in [0.15, 0.2) is 30.3 Å². The van der Waals surface area contributed by atoms with Crippen molar-refractivity contribution >= 4 is 5.97 Å². The predicted molar refractivity (Wildman–Crippen MR) is 51.7 cm³/mol. The number of hydrogen-bond donors (Lipinski definition) is 0. The first kappa shape index (κ1) is 8.04. The average Bonchev–Trinajstić information content (AvgIpc) is 2.73. The van der Waals surface area contributed by atoms with E-state index in [4.69, 9.17) is 4.74 Å². The molecule has 72 valence electrons. The number of esters is 1. The van der Waals surface area contributed by atoms with Crippen molar-refractivity contribution in [3.63, 3.8) is 0 Å². The number of carbonyl (C=O) groups is 1. The SMILES string of the molecule is C[C@]12COC(=O)[C@H]1[C@@H]2c1ccccc1. The van der Waals surface area contributed by atoms with Gasteiger partial charge in [-0.1, -0.05) is 37.3 Å². The summed E-state index contributed by atoms with van der Waals surface area (Å²) in [5.74, 6) is 0.496. The van der Waals surface area contributed by atoms with E-state index in [9.17, 15) is 4.79 Å². The first-order valence-electron chi connectivity index (χ1n) is 4.95. The molecule has 0 aromatic heterocycles. The van der Waals surface area contributed by atoms with E-state index in [-0.39, 0.29) is 17.3 Å². The lowest BCUT2D eigenvalue weighted by Gasteiger charge is -2.08. The first-order valence-corrected chi connectivity index (χ1v) is 4.95. The molecule has 3 rings (SSSR count). The summed E-state index contributed by atoms with van der Waals surface area (Å²) < 4.78 is 5.03. The van der Waals surface area contributed by atoms with Gasteiger partial charge in [-0.3, -0.25) is 4.79 Å². The topological polar surface area (TPSA) is 26.3 Å². The highest BCUT2D eigenvalue weighted by atomic mass is 16.5. The first-order chi connectivity index (χ1) is 6.73. The zero-order valence-corrected chi connectivity index (χ0v) is 8.07. The molecule has 0 unspecified atom stereocenters. The van der Waals surface area contributed by atoms with Crippen LogP contribution in [0.1, 0.15) is 18.4 Å². The van der Waals surface area contributed by atoms with Crippen LogP contribution in [0.4, 0.5) is 0 Å². The molecule has 1 heterocycles. The van der Waals surface area contributed by atoms with Crippen molar-refractivity contribution in [1.29, 1.82) is 0 Å². The second-order valence-corrected chi connectivity index (χ2v) is 4.48. The summed E-state index contributed by atoms with van der Waals surface area (Å²) in [7, 11) is 0. The van der Waals surface area contributed by atoms with E-state index >= 15 is 0 Å². The highest BCUT2D eigenvalue weighted by molar-refractivity contribution is 5.82. The maximum Gasteiger partial charge on any atom is 0.310 e. The molecule has 0 bridgehead atoms. The molecule has 0 N–H and O–H groups in total. The summed E-state index contributed by atoms with van der Waals surface area (Å²) in [6, 6.07) is 10.3. The van der Waals surface area contributed by atoms with Crippen LogP contribution in [0.3, 0.4) is 0 Å². The van der Waals surface area contributed by atoms with Gasteiger partial charge in [-0.2, -0.15) is 0 Å². The zero-order valence-electron chi connectivity index (χ0n) is 8.07. The minimum atomic E-state index is -0.0126. The monoisotopic (exact) mass is 188 g/mol. The maximum absolute atomic E-state index is 11.4. The lowest BCUT2D eigenvalue weighted by Crippen LogP contribution is -2.06. The molecule has 3 atom stereocenters. The highest BCUT2D eigenvalue weighted by Crippen LogP contribution is 2.68. The molecule has 2 fully saturated rings. The summed E-state index contributed by atoms with van der Waals surface area (Å²) in [4.78, 5) is 11.4. The van der Waals surface area contributed by atoms with Crippen LogP contribution in [0.2, 0.25) is 0 Å². The highest BCUT2D eigenvalue weighted by Gasteiger charge is 2.70. The second-order valence-electron chi connectivity index (χ2n) is 4.48. The number of ether oxygens (including phenoxy) is 1. The van der Waals surface area contributed by atoms with Gasteiger partial charge in [0, 0.05) is 11.3 Å². The third kappa shape index (κ3) is 0.834. The summed E-state index contributed by atoms with van der Waals surface area (Å²) in [5.41, 5.74) is 1.36. The van der Waals surface area contributed by atoms with Crippen molar-refractivity contribution in [3.8, 4) is 0 Å². The Bertz CT molecular complexity index is 385. The Hall–Kier alpha value is -1.31. The van der Waals surface area contributed by atoms with Crippen molar-refractivity contribution in [3.05, 3.63) is 35.9 Å². The van der Waals surface area contributed by atoms with E-state index in [1.807, 2.05) is 18.2 Å². The molecule has 1 aromatic carbocycles. The minimum Gasteiger partial charge on any atom is -0.465 e. The van der Waals surface area contributed by atoms with Crippen molar-refractivity contribution in [2.75, 3.05) is 6.61 Å². The van der Waals surface area contributed by atoms with E-state index in [0.29, 0.717) is 12.5 Å². The van der Waals surface area contributed by atoms with E-state index in [1.54, 1.807) is 0 Å². The van der Waals surface area contributed by atoms with Gasteiger partial charge in [0.1, 0.15) is 0 Å². The van der Waals surface area contributed by atoms with Crippen LogP contribution in [0, 0.1) is 11.3 Å². The van der Waals surface area contributed by atoms with Crippen LogP contribution in [-0.4, -0.2) is 12.6 Å². The number of cyclic esters (lactones) is 1. The molecular formula is C12H12O2. The summed E-state index contributed by atoms with van der Waals surface area (Å²) >= 11 is 0. The molecule has 0 spiro atoms. The van der Waals surface area contributed by atoms with Gasteiger partial charge >= 0.3 is 5.97 Å². The Balaban J connectivity index is 1.95. The predicted octanol–water partition coefficient (Wildman–Crippen LogP) is 1.96. The molecule has 2 aliphatic rings. The normalized spacial score (nSPS) is 39.1. The Kier molecular flexibility index (Phi) is 1.37. The van der Waals surface area contributed by atoms with E-state index in [0.717, 1.165) is 0 Å². The number of benzene rings is 1. The molecular weight excluding hydrogens is 176 g/mol. The Labute approximate surface area is 82.9 Å². The molecule has 1 aliphatic heterocycles. The van der Waals surface area contributed by atoms with Gasteiger partial charge in [-0.15, -0.1) is 0 Å². The fourth-order valence-electron chi connectivity index (χ4n) is 2.70. The van der Waals surface area contributed by atoms with E-state index < -0.39 is 0 Å². The summed E-state index contributed by atoms with van der Waals surface area (Å²) in [6.45, 7) is 2.73. The van der Waals surface area contributed by atoms with Crippen molar-refractivity contribution in [1.82, 2.24) is 0 Å². The fourth-order valence-corrected chi connectivity index (χ4v) is 2.70. The molecule has 1 aliphatic carbocycles. The minimum absolute atomic E-state index is 0.0126. The quantitative estimate of drug-likeness (QED) is 0.630. The van der Waals surface area contributed by atoms with Crippen LogP contribution in [-0.2, 0) is 9.53 Å². The van der Waals surface area contributed by atoms with Crippen LogP contribution >= 0.6 is 0 Å². The standard InChI is InChI=1S/C12H12O2/c1-12-7-14-11(13)10(12)9(12)8-5-3-2-4-6-8/h2-6,9-10H,7H2,1H3/t9-,10+,12+/m0/s1. The summed E-state index contributed by atoms with van der Waals surface area (Å²) in [5, 5.41) is 0. The molecule has 2 heteroatoms. The van der Waals surface area contributed by atoms with Gasteiger partial charge in [0.05, 0.1) is 12.5 Å². The molecule has 14 heavy (non-hydrogen) atoms. The van der Waals surface area contributed by atoms with Gasteiger partial charge in [-0.25, -0.2) is 0 Å². The van der Waals surface area contributed by atoms with Gasteiger partial charge in [0.15, 0.2) is 0 Å². The van der Waals surface area contributed by atoms with Gasteiger partial charge in [0.25, 0.3) is 0 Å². The van der Waals surface area contributed by atoms with Crippen LogP contribution < -0.4 is 0 Å². The molecule has 1 aromatic rings. The third-order valence-corrected chi connectivity index (χ3v) is 3.58. The number of hydrogen-bond acceptors (Lipinski definition) is 2. The summed E-state index contributed by atoms with van der Waals surface area (Å²) in [6.07, 6.45) is 0. The molecule has 2 nitrogen and oxygen atoms in total. The van der Waals surface area contributed by atoms with Crippen molar-refractivity contribution in [2.45, 2.75) is 12.8 Å². The molecule has 1 saturated carbocycles. The largest absolute Gasteiger partial charge is 0.465 e. The Morgan fingerprint density at radius 2 is 2.00 bits per heavy atom. The molecule has 1 saturated heterocycles. The zero-order chi connectivity index (χ0) is 9.76. The maximum atomic E-state index is 11.4. The average molecular weight is 188 g/mol. The lowest BCUT2D eigenvalue weighted by atomic mass is 10.0. The van der Waals surface area contributed by atoms with Crippen molar-refractivity contribution in [2.24, 2.45) is 11.3 Å². The lowest BCUT2D eigenvalue weighted by molar-refractivity contribution is -0.141. The Morgan fingerprint density at radius 1 is 1.29 bits per heavy atom. The molecule has 0 amide bonds. The Morgan fingerprint density at radius 3 is 2.57 bits per heavy atom. The number of carbonyl (C=O) groups excluding carboxylic acids is 1. The smallest absolute Gasteiger partial charge is 0.310 e. The molecule has 0 radical (unpaired) electrons. The van der Waals surface area contributed by atoms with Crippen LogP contribution in [0.5, 0.6) is 0 Å². The van der Waals surface area contributed by atoms with Gasteiger partial charge in [-0.05, 0) is 5.56 Å². The van der Waals surface area contributed by atoms with Crippen molar-refractivity contribution < 1.29 is 9.53 Å². The second kappa shape index (κ2) is 2.38. The third-order valence-electron chi connectivity index (χ3n) is 3.58. The van der Waals surface area contributed by atoms with E-state index in [1.165, 1.54) is 5.56 Å². The van der Waals surface area contributed by atoms with Gasteiger partial charge in [0.2, 0.25) is 0 Å². The van der Waals surface area contributed by atoms with Crippen LogP contribution in [0.25, 0.3) is 0 Å². The fraction of sp³-hybridized carbons (Fsp3) is 0.417.